The van der Waals surface area contributed by atoms with Crippen molar-refractivity contribution in [2.75, 3.05) is 44.2 Å². The van der Waals surface area contributed by atoms with Gasteiger partial charge in [0.05, 0.1) is 11.5 Å². The molecule has 1 amide bonds. The lowest BCUT2D eigenvalue weighted by molar-refractivity contribution is -0.123. The standard InChI is InChI=1S/C15H29N3O3S/c16-13-15(4-2-1-3-5-15)12-14(19)17-6-7-18-8-10-22(20,21)11-9-18/h1-13,16H2,(H,17,19). The van der Waals surface area contributed by atoms with E-state index in [-0.39, 0.29) is 22.8 Å². The third-order valence-corrected chi connectivity index (χ3v) is 6.68. The van der Waals surface area contributed by atoms with Gasteiger partial charge in [0.2, 0.25) is 5.91 Å². The molecular weight excluding hydrogens is 302 g/mol. The number of carbonyl (C=O) groups is 1. The van der Waals surface area contributed by atoms with Gasteiger partial charge < -0.3 is 11.1 Å². The predicted octanol–water partition coefficient (Wildman–Crippen LogP) is 0.132. The van der Waals surface area contributed by atoms with Crippen LogP contribution in [0.5, 0.6) is 0 Å². The molecule has 2 fully saturated rings. The van der Waals surface area contributed by atoms with Crippen molar-refractivity contribution in [3.8, 4) is 0 Å². The maximum absolute atomic E-state index is 12.1. The quantitative estimate of drug-likeness (QED) is 0.722. The van der Waals surface area contributed by atoms with Crippen LogP contribution in [0.15, 0.2) is 0 Å². The van der Waals surface area contributed by atoms with Gasteiger partial charge in [0.25, 0.3) is 0 Å². The molecule has 0 aromatic heterocycles. The van der Waals surface area contributed by atoms with E-state index in [0.717, 1.165) is 19.4 Å². The monoisotopic (exact) mass is 331 g/mol. The molecule has 1 aliphatic carbocycles. The normalized spacial score (nSPS) is 24.8. The molecule has 7 heteroatoms. The van der Waals surface area contributed by atoms with Gasteiger partial charge in [-0.3, -0.25) is 9.69 Å². The van der Waals surface area contributed by atoms with Crippen molar-refractivity contribution in [1.29, 1.82) is 0 Å². The van der Waals surface area contributed by atoms with Gasteiger partial charge in [-0.1, -0.05) is 19.3 Å². The van der Waals surface area contributed by atoms with Crippen LogP contribution in [-0.2, 0) is 14.6 Å². The number of sulfone groups is 1. The lowest BCUT2D eigenvalue weighted by Gasteiger charge is -2.35. The Morgan fingerprint density at radius 2 is 1.77 bits per heavy atom. The first-order valence-electron chi connectivity index (χ1n) is 8.34. The molecule has 128 valence electrons. The number of rotatable bonds is 6. The van der Waals surface area contributed by atoms with Crippen LogP contribution >= 0.6 is 0 Å². The van der Waals surface area contributed by atoms with Crippen molar-refractivity contribution < 1.29 is 13.2 Å². The maximum Gasteiger partial charge on any atom is 0.220 e. The fourth-order valence-electron chi connectivity index (χ4n) is 3.49. The molecule has 1 heterocycles. The third-order valence-electron chi connectivity index (χ3n) is 5.07. The van der Waals surface area contributed by atoms with Crippen LogP contribution in [0, 0.1) is 5.41 Å². The molecule has 1 aliphatic heterocycles. The van der Waals surface area contributed by atoms with Crippen molar-refractivity contribution in [1.82, 2.24) is 10.2 Å². The first-order chi connectivity index (χ1) is 10.4. The van der Waals surface area contributed by atoms with Crippen molar-refractivity contribution in [3.05, 3.63) is 0 Å². The second-order valence-corrected chi connectivity index (χ2v) is 9.09. The van der Waals surface area contributed by atoms with Crippen LogP contribution in [0.1, 0.15) is 38.5 Å². The fraction of sp³-hybridized carbons (Fsp3) is 0.933. The number of nitrogens with two attached hydrogens (primary N) is 1. The van der Waals surface area contributed by atoms with Crippen molar-refractivity contribution in [2.24, 2.45) is 11.1 Å². The first kappa shape index (κ1) is 17.7. The average molecular weight is 331 g/mol. The van der Waals surface area contributed by atoms with Crippen LogP contribution < -0.4 is 11.1 Å². The molecule has 1 saturated heterocycles. The Hall–Kier alpha value is -0.660. The number of carbonyl (C=O) groups excluding carboxylic acids is 1. The first-order valence-corrected chi connectivity index (χ1v) is 10.2. The topological polar surface area (TPSA) is 92.5 Å². The largest absolute Gasteiger partial charge is 0.355 e. The highest BCUT2D eigenvalue weighted by Gasteiger charge is 2.32. The Morgan fingerprint density at radius 1 is 1.14 bits per heavy atom. The lowest BCUT2D eigenvalue weighted by Crippen LogP contribution is -2.45. The molecule has 2 rings (SSSR count). The summed E-state index contributed by atoms with van der Waals surface area (Å²) in [6.45, 7) is 3.04. The Morgan fingerprint density at radius 3 is 2.36 bits per heavy atom. The highest BCUT2D eigenvalue weighted by Crippen LogP contribution is 2.38. The fourth-order valence-corrected chi connectivity index (χ4v) is 4.76. The number of nitrogens with zero attached hydrogens (tertiary/aromatic N) is 1. The zero-order valence-corrected chi connectivity index (χ0v) is 14.2. The van der Waals surface area contributed by atoms with E-state index in [2.05, 4.69) is 10.2 Å². The molecule has 0 spiro atoms. The van der Waals surface area contributed by atoms with Gasteiger partial charge in [0, 0.05) is 32.6 Å². The minimum Gasteiger partial charge on any atom is -0.355 e. The van der Waals surface area contributed by atoms with Crippen LogP contribution in [0.3, 0.4) is 0 Å². The van der Waals surface area contributed by atoms with Crippen LogP contribution in [0.4, 0.5) is 0 Å². The predicted molar refractivity (Wildman–Crippen MR) is 87.3 cm³/mol. The van der Waals surface area contributed by atoms with E-state index in [1.807, 2.05) is 0 Å². The SMILES string of the molecule is NCC1(CC(=O)NCCN2CCS(=O)(=O)CC2)CCCCC1. The third kappa shape index (κ3) is 5.21. The second-order valence-electron chi connectivity index (χ2n) is 6.78. The summed E-state index contributed by atoms with van der Waals surface area (Å²) in [4.78, 5) is 14.2. The minimum absolute atomic E-state index is 0.00152. The molecule has 0 unspecified atom stereocenters. The highest BCUT2D eigenvalue weighted by molar-refractivity contribution is 7.91. The molecule has 0 atom stereocenters. The molecule has 22 heavy (non-hydrogen) atoms. The van der Waals surface area contributed by atoms with Crippen molar-refractivity contribution >= 4 is 15.7 Å². The number of nitrogens with one attached hydrogen (secondary N) is 1. The van der Waals surface area contributed by atoms with Crippen molar-refractivity contribution in [3.63, 3.8) is 0 Å². The van der Waals surface area contributed by atoms with Gasteiger partial charge in [0.1, 0.15) is 0 Å². The van der Waals surface area contributed by atoms with Gasteiger partial charge >= 0.3 is 0 Å². The van der Waals surface area contributed by atoms with Crippen LogP contribution in [-0.4, -0.2) is 63.5 Å². The smallest absolute Gasteiger partial charge is 0.220 e. The van der Waals surface area contributed by atoms with Crippen LogP contribution in [0.2, 0.25) is 0 Å². The van der Waals surface area contributed by atoms with Gasteiger partial charge in [-0.25, -0.2) is 8.42 Å². The van der Waals surface area contributed by atoms with E-state index < -0.39 is 9.84 Å². The number of amides is 1. The minimum atomic E-state index is -2.83. The molecule has 3 N–H and O–H groups in total. The molecule has 1 saturated carbocycles. The molecule has 2 aliphatic rings. The van der Waals surface area contributed by atoms with Gasteiger partial charge in [-0.2, -0.15) is 0 Å². The Kier molecular flexibility index (Phi) is 6.23. The van der Waals surface area contributed by atoms with Crippen molar-refractivity contribution in [2.45, 2.75) is 38.5 Å². The molecule has 0 bridgehead atoms. The van der Waals surface area contributed by atoms with E-state index in [1.54, 1.807) is 0 Å². The summed E-state index contributed by atoms with van der Waals surface area (Å²) < 4.78 is 22.7. The van der Waals surface area contributed by atoms with E-state index in [9.17, 15) is 13.2 Å². The zero-order valence-electron chi connectivity index (χ0n) is 13.3. The summed E-state index contributed by atoms with van der Waals surface area (Å²) in [5.74, 6) is 0.547. The number of hydrogen-bond acceptors (Lipinski definition) is 5. The summed E-state index contributed by atoms with van der Waals surface area (Å²) in [5, 5.41) is 2.97. The number of hydrogen-bond donors (Lipinski definition) is 2. The summed E-state index contributed by atoms with van der Waals surface area (Å²) in [6, 6.07) is 0. The molecule has 0 radical (unpaired) electrons. The summed E-state index contributed by atoms with van der Waals surface area (Å²) in [6.07, 6.45) is 6.24. The molecular formula is C15H29N3O3S. The van der Waals surface area contributed by atoms with E-state index >= 15 is 0 Å². The molecule has 0 aromatic carbocycles. The maximum atomic E-state index is 12.1. The Bertz CT molecular complexity index is 458. The summed E-state index contributed by atoms with van der Waals surface area (Å²) in [7, 11) is -2.83. The van der Waals surface area contributed by atoms with Gasteiger partial charge in [-0.15, -0.1) is 0 Å². The summed E-state index contributed by atoms with van der Waals surface area (Å²) in [5.41, 5.74) is 5.91. The van der Waals surface area contributed by atoms with Gasteiger partial charge in [-0.05, 0) is 24.8 Å². The second kappa shape index (κ2) is 7.75. The molecule has 6 nitrogen and oxygen atoms in total. The Labute approximate surface area is 133 Å². The van der Waals surface area contributed by atoms with E-state index in [0.29, 0.717) is 32.6 Å². The highest BCUT2D eigenvalue weighted by atomic mass is 32.2. The van der Waals surface area contributed by atoms with E-state index in [4.69, 9.17) is 5.73 Å². The summed E-state index contributed by atoms with van der Waals surface area (Å²) >= 11 is 0. The molecule has 0 aromatic rings. The Balaban J connectivity index is 1.67. The van der Waals surface area contributed by atoms with E-state index in [1.165, 1.54) is 19.3 Å². The van der Waals surface area contributed by atoms with Crippen LogP contribution in [0.25, 0.3) is 0 Å². The van der Waals surface area contributed by atoms with Gasteiger partial charge in [0.15, 0.2) is 9.84 Å². The zero-order chi connectivity index (χ0) is 16.1. The average Bonchev–Trinajstić information content (AvgIpc) is 2.50. The lowest BCUT2D eigenvalue weighted by atomic mass is 9.71.